The first-order valence-electron chi connectivity index (χ1n) is 11.7. The number of para-hydroxylation sites is 1. The van der Waals surface area contributed by atoms with Crippen molar-refractivity contribution < 1.29 is 9.53 Å². The van der Waals surface area contributed by atoms with Gasteiger partial charge in [0.1, 0.15) is 5.52 Å². The second-order valence-corrected chi connectivity index (χ2v) is 8.53. The Morgan fingerprint density at radius 3 is 2.00 bits per heavy atom. The summed E-state index contributed by atoms with van der Waals surface area (Å²) in [6, 6.07) is 34.7. The number of ether oxygens (including phenoxy) is 1. The lowest BCUT2D eigenvalue weighted by atomic mass is 10.0. The van der Waals surface area contributed by atoms with E-state index in [-0.39, 0.29) is 0 Å². The molecule has 0 atom stereocenters. The average Bonchev–Trinajstić information content (AvgIpc) is 2.93. The van der Waals surface area contributed by atoms with Gasteiger partial charge in [0, 0.05) is 22.2 Å². The van der Waals surface area contributed by atoms with Gasteiger partial charge in [0.2, 0.25) is 0 Å². The fourth-order valence-corrected chi connectivity index (χ4v) is 4.23. The smallest absolute Gasteiger partial charge is 0.343 e. The molecule has 0 amide bonds. The van der Waals surface area contributed by atoms with E-state index in [0.29, 0.717) is 27.9 Å². The van der Waals surface area contributed by atoms with Gasteiger partial charge in [-0.1, -0.05) is 78.9 Å². The first-order valence-corrected chi connectivity index (χ1v) is 11.7. The largest absolute Gasteiger partial charge is 0.421 e. The Kier molecular flexibility index (Phi) is 5.43. The van der Waals surface area contributed by atoms with Gasteiger partial charge in [0.15, 0.2) is 5.75 Å². The van der Waals surface area contributed by atoms with E-state index in [0.717, 1.165) is 33.6 Å². The summed E-state index contributed by atoms with van der Waals surface area (Å²) < 4.78 is 5.78. The van der Waals surface area contributed by atoms with E-state index in [1.807, 2.05) is 97.9 Å². The van der Waals surface area contributed by atoms with Crippen molar-refractivity contribution in [3.05, 3.63) is 120 Å². The molecule has 0 spiro atoms. The molecule has 0 bridgehead atoms. The molecule has 172 valence electrons. The molecule has 2 heterocycles. The van der Waals surface area contributed by atoms with Crippen molar-refractivity contribution in [2.24, 2.45) is 0 Å². The highest BCUT2D eigenvalue weighted by atomic mass is 16.5. The second-order valence-electron chi connectivity index (χ2n) is 8.53. The molecule has 0 unspecified atom stereocenters. The molecule has 0 aliphatic carbocycles. The molecule has 0 saturated heterocycles. The van der Waals surface area contributed by atoms with Crippen LogP contribution in [0.25, 0.3) is 44.5 Å². The van der Waals surface area contributed by atoms with Crippen LogP contribution in [-0.4, -0.2) is 20.9 Å². The quantitative estimate of drug-likeness (QED) is 0.205. The number of aromatic nitrogens is 3. The molecule has 0 N–H and O–H groups in total. The minimum atomic E-state index is -0.470. The lowest BCUT2D eigenvalue weighted by molar-refractivity contribution is 0.0737. The van der Waals surface area contributed by atoms with E-state index in [4.69, 9.17) is 14.7 Å². The van der Waals surface area contributed by atoms with Crippen molar-refractivity contribution in [2.75, 3.05) is 0 Å². The highest BCUT2D eigenvalue weighted by Crippen LogP contribution is 2.31. The number of hydrogen-bond acceptors (Lipinski definition) is 5. The zero-order chi connectivity index (χ0) is 24.5. The van der Waals surface area contributed by atoms with Gasteiger partial charge in [-0.2, -0.15) is 0 Å². The molecule has 6 aromatic rings. The zero-order valence-corrected chi connectivity index (χ0v) is 19.6. The summed E-state index contributed by atoms with van der Waals surface area (Å²) in [5, 5.41) is 0.913. The van der Waals surface area contributed by atoms with Gasteiger partial charge in [-0.05, 0) is 37.3 Å². The number of pyridine rings is 1. The van der Waals surface area contributed by atoms with Crippen molar-refractivity contribution in [3.63, 3.8) is 0 Å². The van der Waals surface area contributed by atoms with E-state index < -0.39 is 5.97 Å². The summed E-state index contributed by atoms with van der Waals surface area (Å²) in [4.78, 5) is 27.6. The van der Waals surface area contributed by atoms with Crippen LogP contribution in [0, 0.1) is 6.92 Å². The van der Waals surface area contributed by atoms with Gasteiger partial charge in [0.05, 0.1) is 28.0 Å². The maximum Gasteiger partial charge on any atom is 0.343 e. The monoisotopic (exact) mass is 467 g/mol. The summed E-state index contributed by atoms with van der Waals surface area (Å²) in [7, 11) is 0. The van der Waals surface area contributed by atoms with Crippen LogP contribution in [0.3, 0.4) is 0 Å². The van der Waals surface area contributed by atoms with Crippen molar-refractivity contribution in [1.29, 1.82) is 0 Å². The molecule has 0 radical (unpaired) electrons. The topological polar surface area (TPSA) is 65.0 Å². The number of rotatable bonds is 4. The van der Waals surface area contributed by atoms with Crippen LogP contribution in [0.2, 0.25) is 0 Å². The minimum absolute atomic E-state index is 0.396. The number of hydrogen-bond donors (Lipinski definition) is 0. The zero-order valence-electron chi connectivity index (χ0n) is 19.6. The number of carbonyl (C=O) groups excluding carboxylic acids is 1. The highest BCUT2D eigenvalue weighted by Gasteiger charge is 2.16. The third-order valence-corrected chi connectivity index (χ3v) is 6.02. The first-order chi connectivity index (χ1) is 17.7. The van der Waals surface area contributed by atoms with Crippen molar-refractivity contribution in [1.82, 2.24) is 15.0 Å². The fourth-order valence-electron chi connectivity index (χ4n) is 4.23. The molecule has 5 nitrogen and oxygen atoms in total. The molecular weight excluding hydrogens is 446 g/mol. The number of benzene rings is 4. The Morgan fingerprint density at radius 1 is 0.639 bits per heavy atom. The third-order valence-electron chi connectivity index (χ3n) is 6.02. The van der Waals surface area contributed by atoms with E-state index in [1.165, 1.54) is 0 Å². The highest BCUT2D eigenvalue weighted by molar-refractivity contribution is 5.97. The minimum Gasteiger partial charge on any atom is -0.421 e. The normalized spacial score (nSPS) is 11.0. The van der Waals surface area contributed by atoms with Gasteiger partial charge in [-0.25, -0.2) is 19.7 Å². The van der Waals surface area contributed by atoms with E-state index in [1.54, 1.807) is 18.2 Å². The summed E-state index contributed by atoms with van der Waals surface area (Å²) in [6.45, 7) is 1.91. The Morgan fingerprint density at radius 2 is 1.31 bits per heavy atom. The molecule has 6 rings (SSSR count). The molecule has 5 heteroatoms. The third kappa shape index (κ3) is 4.07. The van der Waals surface area contributed by atoms with Gasteiger partial charge >= 0.3 is 5.97 Å². The molecular formula is C31H21N3O2. The van der Waals surface area contributed by atoms with Gasteiger partial charge in [-0.15, -0.1) is 0 Å². The van der Waals surface area contributed by atoms with Crippen molar-refractivity contribution >= 4 is 27.9 Å². The predicted octanol–water partition coefficient (Wildman–Crippen LogP) is 7.04. The maximum atomic E-state index is 13.1. The van der Waals surface area contributed by atoms with Gasteiger partial charge < -0.3 is 4.74 Å². The van der Waals surface area contributed by atoms with Crippen LogP contribution in [0.5, 0.6) is 5.75 Å². The van der Waals surface area contributed by atoms with E-state index in [9.17, 15) is 4.79 Å². The number of carbonyl (C=O) groups is 1. The van der Waals surface area contributed by atoms with Crippen molar-refractivity contribution in [2.45, 2.75) is 6.92 Å². The van der Waals surface area contributed by atoms with E-state index in [2.05, 4.69) is 4.98 Å². The lowest BCUT2D eigenvalue weighted by Crippen LogP contribution is -2.09. The molecule has 4 aromatic carbocycles. The fraction of sp³-hybridized carbons (Fsp3) is 0.0323. The number of fused-ring (bicyclic) bond motifs is 2. The summed E-state index contributed by atoms with van der Waals surface area (Å²) in [6.07, 6.45) is 0. The molecule has 0 fully saturated rings. The molecule has 0 aliphatic heterocycles. The molecule has 0 aliphatic rings. The Labute approximate surface area is 208 Å². The second kappa shape index (κ2) is 9.04. The summed E-state index contributed by atoms with van der Waals surface area (Å²) in [5.41, 5.74) is 6.72. The predicted molar refractivity (Wildman–Crippen MR) is 142 cm³/mol. The van der Waals surface area contributed by atoms with Crippen LogP contribution in [0.15, 0.2) is 109 Å². The Hall–Kier alpha value is -4.90. The van der Waals surface area contributed by atoms with Crippen LogP contribution in [0.1, 0.15) is 16.1 Å². The van der Waals surface area contributed by atoms with Crippen LogP contribution < -0.4 is 4.74 Å². The SMILES string of the molecule is Cc1ccc2cccc(OC(=O)c3ccc4nc(-c5ccccc5)c(-c5ccccc5)nc4c3)c2n1. The number of aryl methyl sites for hydroxylation is 1. The Balaban J connectivity index is 1.43. The maximum absolute atomic E-state index is 13.1. The summed E-state index contributed by atoms with van der Waals surface area (Å²) >= 11 is 0. The van der Waals surface area contributed by atoms with Crippen LogP contribution in [-0.2, 0) is 0 Å². The Bertz CT molecular complexity index is 1730. The average molecular weight is 468 g/mol. The summed E-state index contributed by atoms with van der Waals surface area (Å²) in [5.74, 6) is -0.0420. The number of esters is 1. The molecule has 36 heavy (non-hydrogen) atoms. The molecule has 0 saturated carbocycles. The number of nitrogens with zero attached hydrogens (tertiary/aromatic N) is 3. The standard InChI is InChI=1S/C31H21N3O2/c1-20-15-16-23-13-8-14-27(28(23)32-20)36-31(35)24-17-18-25-26(19-24)34-30(22-11-6-3-7-12-22)29(33-25)21-9-4-2-5-10-21/h2-19H,1H3. The first kappa shape index (κ1) is 21.6. The van der Waals surface area contributed by atoms with E-state index >= 15 is 0 Å². The molecule has 2 aromatic heterocycles. The van der Waals surface area contributed by atoms with Crippen LogP contribution in [0.4, 0.5) is 0 Å². The van der Waals surface area contributed by atoms with Gasteiger partial charge in [-0.3, -0.25) is 0 Å². The lowest BCUT2D eigenvalue weighted by Gasteiger charge is -2.12. The van der Waals surface area contributed by atoms with Crippen molar-refractivity contribution in [3.8, 4) is 28.3 Å². The van der Waals surface area contributed by atoms with Crippen LogP contribution >= 0.6 is 0 Å². The van der Waals surface area contributed by atoms with Gasteiger partial charge in [0.25, 0.3) is 0 Å².